The number of benzene rings is 1. The molecule has 3 N–H and O–H groups in total. The molecule has 1 aliphatic carbocycles. The van der Waals surface area contributed by atoms with Crippen LogP contribution >= 0.6 is 0 Å². The molecule has 0 radical (unpaired) electrons. The van der Waals surface area contributed by atoms with E-state index in [2.05, 4.69) is 21.3 Å². The number of carbonyl (C=O) groups excluding carboxylic acids is 3. The van der Waals surface area contributed by atoms with Crippen molar-refractivity contribution in [2.24, 2.45) is 11.8 Å². The monoisotopic (exact) mass is 432 g/mol. The van der Waals surface area contributed by atoms with Crippen molar-refractivity contribution in [3.8, 4) is 11.3 Å². The van der Waals surface area contributed by atoms with Crippen LogP contribution in [-0.2, 0) is 19.4 Å². The molecule has 0 unspecified atom stereocenters. The van der Waals surface area contributed by atoms with Crippen molar-refractivity contribution in [2.45, 2.75) is 18.9 Å². The highest BCUT2D eigenvalue weighted by Crippen LogP contribution is 2.28. The van der Waals surface area contributed by atoms with Crippen molar-refractivity contribution >= 4 is 27.6 Å². The summed E-state index contributed by atoms with van der Waals surface area (Å²) < 4.78 is 27.4. The number of amides is 3. The van der Waals surface area contributed by atoms with Crippen LogP contribution in [0.15, 0.2) is 40.9 Å². The number of sulfone groups is 1. The van der Waals surface area contributed by atoms with E-state index in [-0.39, 0.29) is 41.0 Å². The molecule has 2 fully saturated rings. The Kier molecular flexibility index (Phi) is 5.29. The van der Waals surface area contributed by atoms with Crippen LogP contribution in [0.2, 0.25) is 0 Å². The molecule has 158 valence electrons. The van der Waals surface area contributed by atoms with Crippen LogP contribution in [0.1, 0.15) is 23.3 Å². The molecule has 0 spiro atoms. The number of hydrogen-bond donors (Lipinski definition) is 3. The van der Waals surface area contributed by atoms with Gasteiger partial charge in [0.25, 0.3) is 5.91 Å². The molecule has 1 aromatic carbocycles. The van der Waals surface area contributed by atoms with Gasteiger partial charge in [-0.15, -0.1) is 0 Å². The maximum atomic E-state index is 12.3. The lowest BCUT2D eigenvalue weighted by atomic mass is 9.79. The molecule has 2 heterocycles. The Morgan fingerprint density at radius 3 is 2.23 bits per heavy atom. The van der Waals surface area contributed by atoms with Gasteiger partial charge in [-0.2, -0.15) is 0 Å². The fourth-order valence-corrected chi connectivity index (χ4v) is 4.80. The first-order valence-electron chi connectivity index (χ1n) is 9.44. The Morgan fingerprint density at radius 2 is 1.60 bits per heavy atom. The first-order chi connectivity index (χ1) is 14.3. The van der Waals surface area contributed by atoms with Crippen LogP contribution < -0.4 is 16.2 Å². The normalized spacial score (nSPS) is 22.3. The smallest absolute Gasteiger partial charge is 0.273 e. The minimum Gasteiger partial charge on any atom is -0.355 e. The number of aromatic nitrogens is 1. The summed E-state index contributed by atoms with van der Waals surface area (Å²) in [5.41, 5.74) is 5.54. The third-order valence-electron chi connectivity index (χ3n) is 5.24. The summed E-state index contributed by atoms with van der Waals surface area (Å²) in [7, 11) is -3.11. The average molecular weight is 432 g/mol. The second-order valence-electron chi connectivity index (χ2n) is 7.53. The number of nitrogens with zero attached hydrogens (tertiary/aromatic N) is 1. The molecular weight excluding hydrogens is 412 g/mol. The van der Waals surface area contributed by atoms with Crippen molar-refractivity contribution in [2.75, 3.05) is 11.5 Å². The molecule has 1 saturated carbocycles. The summed E-state index contributed by atoms with van der Waals surface area (Å²) in [4.78, 5) is 36.1. The van der Waals surface area contributed by atoms with Gasteiger partial charge in [0.2, 0.25) is 11.8 Å². The van der Waals surface area contributed by atoms with Gasteiger partial charge in [0, 0.05) is 23.6 Å². The van der Waals surface area contributed by atoms with Crippen LogP contribution in [0.4, 0.5) is 0 Å². The Balaban J connectivity index is 1.19. The molecule has 2 aliphatic rings. The number of nitrogens with one attached hydrogen (secondary N) is 3. The highest BCUT2D eigenvalue weighted by atomic mass is 32.2. The Morgan fingerprint density at radius 1 is 0.967 bits per heavy atom. The van der Waals surface area contributed by atoms with Crippen molar-refractivity contribution in [3.63, 3.8) is 0 Å². The van der Waals surface area contributed by atoms with Gasteiger partial charge in [-0.3, -0.25) is 25.2 Å². The SMILES string of the molecule is O=C(NC1CC(C(=O)NNC(=O)C2CS(=O)(=O)C2)C1)c1cc(-c2ccccc2)on1. The number of hydrazine groups is 1. The second kappa shape index (κ2) is 7.90. The summed E-state index contributed by atoms with van der Waals surface area (Å²) in [5, 5.41) is 6.59. The van der Waals surface area contributed by atoms with Gasteiger partial charge in [0.1, 0.15) is 0 Å². The summed E-state index contributed by atoms with van der Waals surface area (Å²) in [6.45, 7) is 0. The van der Waals surface area contributed by atoms with Gasteiger partial charge >= 0.3 is 0 Å². The van der Waals surface area contributed by atoms with E-state index in [1.807, 2.05) is 30.3 Å². The molecule has 1 aromatic heterocycles. The fraction of sp³-hybridized carbons (Fsp3) is 0.368. The number of carbonyl (C=O) groups is 3. The molecule has 10 nitrogen and oxygen atoms in total. The van der Waals surface area contributed by atoms with Gasteiger partial charge in [-0.1, -0.05) is 35.5 Å². The van der Waals surface area contributed by atoms with Crippen LogP contribution in [0.5, 0.6) is 0 Å². The van der Waals surface area contributed by atoms with E-state index < -0.39 is 21.7 Å². The number of rotatable bonds is 5. The lowest BCUT2D eigenvalue weighted by Crippen LogP contribution is -2.55. The van der Waals surface area contributed by atoms with E-state index in [4.69, 9.17) is 4.52 Å². The quantitative estimate of drug-likeness (QED) is 0.565. The van der Waals surface area contributed by atoms with Crippen LogP contribution in [-0.4, -0.2) is 48.8 Å². The number of hydrogen-bond acceptors (Lipinski definition) is 7. The molecule has 11 heteroatoms. The average Bonchev–Trinajstić information content (AvgIpc) is 3.17. The van der Waals surface area contributed by atoms with E-state index in [0.717, 1.165) is 5.56 Å². The van der Waals surface area contributed by atoms with E-state index >= 15 is 0 Å². The highest BCUT2D eigenvalue weighted by molar-refractivity contribution is 7.92. The maximum absolute atomic E-state index is 12.3. The minimum atomic E-state index is -3.11. The molecule has 4 rings (SSSR count). The van der Waals surface area contributed by atoms with E-state index in [1.165, 1.54) is 0 Å². The lowest BCUT2D eigenvalue weighted by Gasteiger charge is -2.34. The Labute approximate surface area is 172 Å². The molecule has 0 atom stereocenters. The molecule has 1 aliphatic heterocycles. The van der Waals surface area contributed by atoms with E-state index in [9.17, 15) is 22.8 Å². The summed E-state index contributed by atoms with van der Waals surface area (Å²) in [5.74, 6) is -2.14. The first-order valence-corrected chi connectivity index (χ1v) is 11.3. The largest absolute Gasteiger partial charge is 0.355 e. The predicted molar refractivity (Wildman–Crippen MR) is 104 cm³/mol. The third kappa shape index (κ3) is 4.35. The predicted octanol–water partition coefficient (Wildman–Crippen LogP) is 0.0420. The lowest BCUT2D eigenvalue weighted by molar-refractivity contribution is -0.134. The summed E-state index contributed by atoms with van der Waals surface area (Å²) >= 11 is 0. The van der Waals surface area contributed by atoms with Crippen molar-refractivity contribution in [3.05, 3.63) is 42.1 Å². The topological polar surface area (TPSA) is 147 Å². The molecule has 1 saturated heterocycles. The van der Waals surface area contributed by atoms with Crippen LogP contribution in [0.25, 0.3) is 11.3 Å². The van der Waals surface area contributed by atoms with Crippen LogP contribution in [0.3, 0.4) is 0 Å². The zero-order chi connectivity index (χ0) is 21.3. The van der Waals surface area contributed by atoms with E-state index in [1.54, 1.807) is 6.07 Å². The zero-order valence-electron chi connectivity index (χ0n) is 15.8. The van der Waals surface area contributed by atoms with Gasteiger partial charge in [0.05, 0.1) is 17.4 Å². The third-order valence-corrected chi connectivity index (χ3v) is 7.06. The van der Waals surface area contributed by atoms with Crippen molar-refractivity contribution < 1.29 is 27.3 Å². The molecule has 3 amide bonds. The minimum absolute atomic E-state index is 0.157. The molecule has 0 bridgehead atoms. The molecular formula is C19H20N4O6S. The zero-order valence-corrected chi connectivity index (χ0v) is 16.6. The first kappa shape index (κ1) is 20.1. The van der Waals surface area contributed by atoms with Gasteiger partial charge in [0.15, 0.2) is 21.3 Å². The summed E-state index contributed by atoms with van der Waals surface area (Å²) in [6, 6.07) is 10.7. The van der Waals surface area contributed by atoms with Gasteiger partial charge in [-0.25, -0.2) is 8.42 Å². The van der Waals surface area contributed by atoms with Gasteiger partial charge < -0.3 is 9.84 Å². The molecule has 2 aromatic rings. The Hall–Kier alpha value is -3.21. The van der Waals surface area contributed by atoms with Crippen LogP contribution in [0, 0.1) is 11.8 Å². The fourth-order valence-electron chi connectivity index (χ4n) is 3.37. The highest BCUT2D eigenvalue weighted by Gasteiger charge is 2.40. The maximum Gasteiger partial charge on any atom is 0.273 e. The van der Waals surface area contributed by atoms with Crippen molar-refractivity contribution in [1.82, 2.24) is 21.3 Å². The van der Waals surface area contributed by atoms with Crippen molar-refractivity contribution in [1.29, 1.82) is 0 Å². The Bertz CT molecular complexity index is 1060. The summed E-state index contributed by atoms with van der Waals surface area (Å²) in [6.07, 6.45) is 0.850. The molecule has 30 heavy (non-hydrogen) atoms. The van der Waals surface area contributed by atoms with Gasteiger partial charge in [-0.05, 0) is 12.8 Å². The standard InChI is InChI=1S/C19H20N4O6S/c24-17(21-22-18(25)13-9-30(27,28)10-13)12-6-14(7-12)20-19(26)15-8-16(29-23-15)11-4-2-1-3-5-11/h1-5,8,12-14H,6-7,9-10H2,(H,20,26)(H,21,24)(H,22,25). The second-order valence-corrected chi connectivity index (χ2v) is 9.69. The van der Waals surface area contributed by atoms with E-state index in [0.29, 0.717) is 18.6 Å².